The van der Waals surface area contributed by atoms with Gasteiger partial charge >= 0.3 is 0 Å². The lowest BCUT2D eigenvalue weighted by atomic mass is 10.0. The summed E-state index contributed by atoms with van der Waals surface area (Å²) in [5.41, 5.74) is 8.41. The van der Waals surface area contributed by atoms with Crippen molar-refractivity contribution in [2.75, 3.05) is 31.6 Å². The van der Waals surface area contributed by atoms with Crippen LogP contribution in [-0.2, 0) is 0 Å². The summed E-state index contributed by atoms with van der Waals surface area (Å²) in [6, 6.07) is 7.24. The predicted molar refractivity (Wildman–Crippen MR) is 90.3 cm³/mol. The van der Waals surface area contributed by atoms with E-state index in [-0.39, 0.29) is 6.04 Å². The Morgan fingerprint density at radius 2 is 2.05 bits per heavy atom. The second-order valence-electron chi connectivity index (χ2n) is 5.77. The fraction of sp³-hybridized carbons (Fsp3) is 0.625. The third-order valence-electron chi connectivity index (χ3n) is 4.43. The van der Waals surface area contributed by atoms with Crippen molar-refractivity contribution in [1.82, 2.24) is 4.90 Å². The van der Waals surface area contributed by atoms with Gasteiger partial charge in [-0.25, -0.2) is 0 Å². The minimum atomic E-state index is 0.0662. The van der Waals surface area contributed by atoms with Gasteiger partial charge < -0.3 is 15.5 Å². The Morgan fingerprint density at radius 3 is 2.55 bits per heavy atom. The molecule has 1 saturated heterocycles. The van der Waals surface area contributed by atoms with Crippen molar-refractivity contribution in [2.45, 2.75) is 38.8 Å². The van der Waals surface area contributed by atoms with E-state index in [1.807, 2.05) is 6.92 Å². The Morgan fingerprint density at radius 1 is 1.40 bits per heavy atom. The first-order valence-corrected chi connectivity index (χ1v) is 8.32. The van der Waals surface area contributed by atoms with Gasteiger partial charge in [0.1, 0.15) is 0 Å². The third-order valence-corrected chi connectivity index (χ3v) is 5.12. The number of anilines is 1. The van der Waals surface area contributed by atoms with Gasteiger partial charge in [0.15, 0.2) is 0 Å². The maximum atomic E-state index is 5.96. The van der Waals surface area contributed by atoms with Gasteiger partial charge in [-0.3, -0.25) is 0 Å². The smallest absolute Gasteiger partial charge is 0.0377 e. The van der Waals surface area contributed by atoms with Crippen LogP contribution in [0.2, 0.25) is 0 Å². The summed E-state index contributed by atoms with van der Waals surface area (Å²) in [6.07, 6.45) is 2.49. The summed E-state index contributed by atoms with van der Waals surface area (Å²) in [5.74, 6) is 0. The molecule has 0 bridgehead atoms. The number of nitrogens with zero attached hydrogens (tertiary/aromatic N) is 2. The molecule has 20 heavy (non-hydrogen) atoms. The molecule has 0 amide bonds. The summed E-state index contributed by atoms with van der Waals surface area (Å²) in [4.78, 5) is 4.95. The second-order valence-corrected chi connectivity index (χ2v) is 6.63. The van der Waals surface area contributed by atoms with Crippen molar-refractivity contribution in [3.05, 3.63) is 28.2 Å². The first-order valence-electron chi connectivity index (χ1n) is 7.53. The summed E-state index contributed by atoms with van der Waals surface area (Å²) in [6.45, 7) is 7.86. The van der Waals surface area contributed by atoms with E-state index in [0.29, 0.717) is 6.04 Å². The lowest BCUT2D eigenvalue weighted by molar-refractivity contribution is 0.221. The van der Waals surface area contributed by atoms with E-state index in [4.69, 9.17) is 5.73 Å². The highest BCUT2D eigenvalue weighted by Crippen LogP contribution is 2.29. The van der Waals surface area contributed by atoms with Gasteiger partial charge in [-0.1, -0.05) is 28.9 Å². The zero-order valence-electron chi connectivity index (χ0n) is 12.8. The van der Waals surface area contributed by atoms with Crippen LogP contribution in [0, 0.1) is 0 Å². The number of hydrogen-bond donors (Lipinski definition) is 1. The quantitative estimate of drug-likeness (QED) is 0.912. The zero-order valence-corrected chi connectivity index (χ0v) is 14.4. The average molecular weight is 340 g/mol. The Labute approximate surface area is 131 Å². The van der Waals surface area contributed by atoms with Crippen molar-refractivity contribution >= 4 is 21.6 Å². The van der Waals surface area contributed by atoms with Crippen LogP contribution in [-0.4, -0.2) is 37.6 Å². The van der Waals surface area contributed by atoms with Gasteiger partial charge in [-0.05, 0) is 44.0 Å². The van der Waals surface area contributed by atoms with Crippen molar-refractivity contribution in [1.29, 1.82) is 0 Å². The molecule has 0 saturated carbocycles. The normalized spacial score (nSPS) is 19.1. The summed E-state index contributed by atoms with van der Waals surface area (Å²) < 4.78 is 1.11. The van der Waals surface area contributed by atoms with E-state index in [1.165, 1.54) is 43.7 Å². The molecule has 3 nitrogen and oxygen atoms in total. The minimum Gasteiger partial charge on any atom is -0.371 e. The molecule has 2 rings (SSSR count). The third kappa shape index (κ3) is 3.54. The topological polar surface area (TPSA) is 32.5 Å². The maximum absolute atomic E-state index is 5.96. The largest absolute Gasteiger partial charge is 0.371 e. The molecule has 0 unspecified atom stereocenters. The van der Waals surface area contributed by atoms with Crippen molar-refractivity contribution in [2.24, 2.45) is 5.73 Å². The molecule has 1 heterocycles. The van der Waals surface area contributed by atoms with Gasteiger partial charge in [0.25, 0.3) is 0 Å². The molecule has 112 valence electrons. The molecular formula is C16H26BrN3. The molecule has 0 aromatic heterocycles. The molecule has 0 spiro atoms. The van der Waals surface area contributed by atoms with Crippen LogP contribution in [0.3, 0.4) is 0 Å². The lowest BCUT2D eigenvalue weighted by Gasteiger charge is -2.37. The van der Waals surface area contributed by atoms with Crippen molar-refractivity contribution in [3.8, 4) is 0 Å². The molecule has 0 radical (unpaired) electrons. The number of benzene rings is 1. The van der Waals surface area contributed by atoms with Gasteiger partial charge in [0.2, 0.25) is 0 Å². The predicted octanol–water partition coefficient (Wildman–Crippen LogP) is 3.39. The highest BCUT2D eigenvalue weighted by molar-refractivity contribution is 9.10. The monoisotopic (exact) mass is 339 g/mol. The van der Waals surface area contributed by atoms with E-state index < -0.39 is 0 Å². The number of likely N-dealkylation sites (tertiary alicyclic amines) is 1. The van der Waals surface area contributed by atoms with Crippen molar-refractivity contribution in [3.63, 3.8) is 0 Å². The molecule has 0 aliphatic carbocycles. The Bertz CT molecular complexity index is 439. The molecule has 1 aromatic carbocycles. The molecule has 1 fully saturated rings. The van der Waals surface area contributed by atoms with Crippen molar-refractivity contribution < 1.29 is 0 Å². The molecule has 1 atom stereocenters. The first-order chi connectivity index (χ1) is 9.52. The summed E-state index contributed by atoms with van der Waals surface area (Å²) in [5, 5.41) is 0. The van der Waals surface area contributed by atoms with Crippen LogP contribution in [0.4, 0.5) is 5.69 Å². The minimum absolute atomic E-state index is 0.0662. The maximum Gasteiger partial charge on any atom is 0.0377 e. The molecule has 1 aromatic rings. The summed E-state index contributed by atoms with van der Waals surface area (Å²) in [7, 11) is 2.21. The molecule has 1 aliphatic heterocycles. The molecule has 4 heteroatoms. The fourth-order valence-electron chi connectivity index (χ4n) is 2.94. The zero-order chi connectivity index (χ0) is 14.7. The molecule has 1 aliphatic rings. The number of piperidine rings is 1. The van der Waals surface area contributed by atoms with E-state index in [9.17, 15) is 0 Å². The standard InChI is InChI=1S/C16H26BrN3/c1-4-20-9-7-13(8-10-20)19(3)14-5-6-15(12(2)18)16(17)11-14/h5-6,11-13H,4,7-10,18H2,1-3H3/t12-/m0/s1. The Kier molecular flexibility index (Phi) is 5.47. The van der Waals surface area contributed by atoms with Crippen LogP contribution in [0.25, 0.3) is 0 Å². The lowest BCUT2D eigenvalue weighted by Crippen LogP contribution is -2.43. The Balaban J connectivity index is 2.06. The van der Waals surface area contributed by atoms with E-state index in [1.54, 1.807) is 0 Å². The SMILES string of the molecule is CCN1CCC(N(C)c2ccc([C@H](C)N)c(Br)c2)CC1. The first kappa shape index (κ1) is 15.8. The summed E-state index contributed by atoms with van der Waals surface area (Å²) >= 11 is 3.65. The number of halogens is 1. The van der Waals surface area contributed by atoms with Crippen LogP contribution in [0.15, 0.2) is 22.7 Å². The number of hydrogen-bond acceptors (Lipinski definition) is 3. The fourth-order valence-corrected chi connectivity index (χ4v) is 3.67. The number of rotatable bonds is 4. The number of nitrogens with two attached hydrogens (primary N) is 1. The average Bonchev–Trinajstić information content (AvgIpc) is 2.46. The van der Waals surface area contributed by atoms with Crippen LogP contribution < -0.4 is 10.6 Å². The van der Waals surface area contributed by atoms with Gasteiger partial charge in [0, 0.05) is 42.4 Å². The van der Waals surface area contributed by atoms with Gasteiger partial charge in [-0.15, -0.1) is 0 Å². The second kappa shape index (κ2) is 6.92. The van der Waals surface area contributed by atoms with Crippen LogP contribution >= 0.6 is 15.9 Å². The van der Waals surface area contributed by atoms with E-state index >= 15 is 0 Å². The highest BCUT2D eigenvalue weighted by atomic mass is 79.9. The van der Waals surface area contributed by atoms with Gasteiger partial charge in [-0.2, -0.15) is 0 Å². The van der Waals surface area contributed by atoms with E-state index in [0.717, 1.165) is 4.47 Å². The molecule has 2 N–H and O–H groups in total. The van der Waals surface area contributed by atoms with E-state index in [2.05, 4.69) is 57.9 Å². The molecular weight excluding hydrogens is 314 g/mol. The highest BCUT2D eigenvalue weighted by Gasteiger charge is 2.22. The Hall–Kier alpha value is -0.580. The van der Waals surface area contributed by atoms with Crippen LogP contribution in [0.1, 0.15) is 38.3 Å². The van der Waals surface area contributed by atoms with Gasteiger partial charge in [0.05, 0.1) is 0 Å². The van der Waals surface area contributed by atoms with Crippen LogP contribution in [0.5, 0.6) is 0 Å².